The van der Waals surface area contributed by atoms with Gasteiger partial charge in [-0.1, -0.05) is 45.8 Å². The van der Waals surface area contributed by atoms with Gasteiger partial charge in [0.25, 0.3) is 0 Å². The lowest BCUT2D eigenvalue weighted by Gasteiger charge is -2.14. The van der Waals surface area contributed by atoms with E-state index in [1.807, 2.05) is 12.3 Å². The molecule has 1 aromatic heterocycles. The standard InChI is InChI=1S/C15H15Br2N/c1-11-3-2-4-12(7-11)13(9-16)8-15-6-5-14(17)10-18-15/h2-7,10,13H,8-9H2,1H3. The molecule has 1 aromatic carbocycles. The second-order valence-electron chi connectivity index (χ2n) is 4.44. The number of aromatic nitrogens is 1. The molecule has 0 saturated heterocycles. The largest absolute Gasteiger partial charge is 0.260 e. The molecule has 3 heteroatoms. The van der Waals surface area contributed by atoms with Gasteiger partial charge in [-0.05, 0) is 52.9 Å². The van der Waals surface area contributed by atoms with Gasteiger partial charge in [-0.2, -0.15) is 0 Å². The fraction of sp³-hybridized carbons (Fsp3) is 0.267. The molecule has 0 bridgehead atoms. The lowest BCUT2D eigenvalue weighted by molar-refractivity contribution is 0.754. The summed E-state index contributed by atoms with van der Waals surface area (Å²) in [4.78, 5) is 4.45. The lowest BCUT2D eigenvalue weighted by Crippen LogP contribution is -2.06. The third kappa shape index (κ3) is 3.66. The van der Waals surface area contributed by atoms with Crippen LogP contribution in [0.2, 0.25) is 0 Å². The normalized spacial score (nSPS) is 12.4. The van der Waals surface area contributed by atoms with Crippen LogP contribution in [0.3, 0.4) is 0 Å². The molecule has 0 radical (unpaired) electrons. The predicted octanol–water partition coefficient (Wildman–Crippen LogP) is 4.87. The van der Waals surface area contributed by atoms with E-state index in [9.17, 15) is 0 Å². The molecule has 0 N–H and O–H groups in total. The second-order valence-corrected chi connectivity index (χ2v) is 6.00. The Bertz CT molecular complexity index is 508. The van der Waals surface area contributed by atoms with E-state index in [1.54, 1.807) is 0 Å². The first-order valence-corrected chi connectivity index (χ1v) is 7.83. The summed E-state index contributed by atoms with van der Waals surface area (Å²) >= 11 is 7.02. The summed E-state index contributed by atoms with van der Waals surface area (Å²) in [6, 6.07) is 12.8. The first kappa shape index (κ1) is 13.8. The van der Waals surface area contributed by atoms with Gasteiger partial charge in [0, 0.05) is 21.7 Å². The number of rotatable bonds is 4. The highest BCUT2D eigenvalue weighted by Gasteiger charge is 2.11. The SMILES string of the molecule is Cc1cccc(C(CBr)Cc2ccc(Br)cn2)c1. The molecule has 0 amide bonds. The van der Waals surface area contributed by atoms with Gasteiger partial charge in [0.15, 0.2) is 0 Å². The first-order chi connectivity index (χ1) is 8.69. The minimum atomic E-state index is 0.471. The van der Waals surface area contributed by atoms with Crippen LogP contribution in [0.25, 0.3) is 0 Å². The van der Waals surface area contributed by atoms with Gasteiger partial charge in [0.05, 0.1) is 0 Å². The quantitative estimate of drug-likeness (QED) is 0.701. The Morgan fingerprint density at radius 3 is 2.67 bits per heavy atom. The summed E-state index contributed by atoms with van der Waals surface area (Å²) in [6.07, 6.45) is 2.82. The summed E-state index contributed by atoms with van der Waals surface area (Å²) in [6.45, 7) is 2.13. The van der Waals surface area contributed by atoms with Gasteiger partial charge in [0.2, 0.25) is 0 Å². The monoisotopic (exact) mass is 367 g/mol. The van der Waals surface area contributed by atoms with Gasteiger partial charge in [-0.3, -0.25) is 4.98 Å². The molecule has 1 nitrogen and oxygen atoms in total. The van der Waals surface area contributed by atoms with Crippen molar-refractivity contribution in [3.05, 3.63) is 63.9 Å². The van der Waals surface area contributed by atoms with Gasteiger partial charge in [-0.25, -0.2) is 0 Å². The van der Waals surface area contributed by atoms with Crippen LogP contribution in [0.15, 0.2) is 47.1 Å². The fourth-order valence-corrected chi connectivity index (χ4v) is 2.80. The van der Waals surface area contributed by atoms with Crippen molar-refractivity contribution in [2.45, 2.75) is 19.3 Å². The van der Waals surface area contributed by atoms with Crippen molar-refractivity contribution in [1.29, 1.82) is 0 Å². The molecule has 1 heterocycles. The molecule has 1 unspecified atom stereocenters. The molecular weight excluding hydrogens is 354 g/mol. The van der Waals surface area contributed by atoms with Crippen molar-refractivity contribution >= 4 is 31.9 Å². The Morgan fingerprint density at radius 1 is 1.22 bits per heavy atom. The van der Waals surface area contributed by atoms with E-state index in [-0.39, 0.29) is 0 Å². The smallest absolute Gasteiger partial charge is 0.0413 e. The van der Waals surface area contributed by atoms with E-state index >= 15 is 0 Å². The van der Waals surface area contributed by atoms with Crippen LogP contribution in [0, 0.1) is 6.92 Å². The van der Waals surface area contributed by atoms with Crippen molar-refractivity contribution in [2.75, 3.05) is 5.33 Å². The maximum atomic E-state index is 4.45. The maximum absolute atomic E-state index is 4.45. The molecule has 18 heavy (non-hydrogen) atoms. The average molecular weight is 369 g/mol. The van der Waals surface area contributed by atoms with Crippen molar-refractivity contribution in [2.24, 2.45) is 0 Å². The predicted molar refractivity (Wildman–Crippen MR) is 83.4 cm³/mol. The number of aryl methyl sites for hydroxylation is 1. The van der Waals surface area contributed by atoms with E-state index in [2.05, 4.69) is 74.1 Å². The van der Waals surface area contributed by atoms with E-state index in [0.717, 1.165) is 21.9 Å². The third-order valence-corrected chi connectivity index (χ3v) is 4.19. The first-order valence-electron chi connectivity index (χ1n) is 5.92. The summed E-state index contributed by atoms with van der Waals surface area (Å²) < 4.78 is 1.03. The number of pyridine rings is 1. The number of benzene rings is 1. The Morgan fingerprint density at radius 2 is 2.06 bits per heavy atom. The fourth-order valence-electron chi connectivity index (χ4n) is 1.97. The van der Waals surface area contributed by atoms with Crippen LogP contribution in [-0.4, -0.2) is 10.3 Å². The highest BCUT2D eigenvalue weighted by atomic mass is 79.9. The zero-order valence-corrected chi connectivity index (χ0v) is 13.4. The number of alkyl halides is 1. The highest BCUT2D eigenvalue weighted by molar-refractivity contribution is 9.10. The number of hydrogen-bond donors (Lipinski definition) is 0. The van der Waals surface area contributed by atoms with E-state index in [0.29, 0.717) is 5.92 Å². The molecule has 0 saturated carbocycles. The zero-order chi connectivity index (χ0) is 13.0. The molecule has 1 atom stereocenters. The van der Waals surface area contributed by atoms with Crippen LogP contribution in [0.5, 0.6) is 0 Å². The number of halogens is 2. The Kier molecular flexibility index (Phi) is 4.95. The van der Waals surface area contributed by atoms with Crippen molar-refractivity contribution in [3.63, 3.8) is 0 Å². The molecule has 94 valence electrons. The second kappa shape index (κ2) is 6.48. The molecule has 2 rings (SSSR count). The summed E-state index contributed by atoms with van der Waals surface area (Å²) in [5.41, 5.74) is 3.81. The van der Waals surface area contributed by atoms with Crippen molar-refractivity contribution in [3.8, 4) is 0 Å². The molecule has 0 aliphatic rings. The van der Waals surface area contributed by atoms with Crippen LogP contribution in [0.4, 0.5) is 0 Å². The minimum absolute atomic E-state index is 0.471. The van der Waals surface area contributed by atoms with Crippen LogP contribution >= 0.6 is 31.9 Å². The molecule has 2 aromatic rings. The minimum Gasteiger partial charge on any atom is -0.260 e. The van der Waals surface area contributed by atoms with Crippen LogP contribution in [-0.2, 0) is 6.42 Å². The van der Waals surface area contributed by atoms with Crippen molar-refractivity contribution in [1.82, 2.24) is 4.98 Å². The highest BCUT2D eigenvalue weighted by Crippen LogP contribution is 2.23. The third-order valence-electron chi connectivity index (χ3n) is 2.94. The Labute approximate surface area is 125 Å². The van der Waals surface area contributed by atoms with E-state index < -0.39 is 0 Å². The zero-order valence-electron chi connectivity index (χ0n) is 10.2. The maximum Gasteiger partial charge on any atom is 0.0413 e. The Balaban J connectivity index is 2.17. The summed E-state index contributed by atoms with van der Waals surface area (Å²) in [5, 5.41) is 0.953. The van der Waals surface area contributed by atoms with E-state index in [4.69, 9.17) is 0 Å². The topological polar surface area (TPSA) is 12.9 Å². The molecule has 0 aliphatic heterocycles. The number of nitrogens with zero attached hydrogens (tertiary/aromatic N) is 1. The molecular formula is C15H15Br2N. The van der Waals surface area contributed by atoms with Gasteiger partial charge in [-0.15, -0.1) is 0 Å². The molecule has 0 fully saturated rings. The van der Waals surface area contributed by atoms with E-state index in [1.165, 1.54) is 11.1 Å². The Hall–Kier alpha value is -0.670. The summed E-state index contributed by atoms with van der Waals surface area (Å²) in [7, 11) is 0. The van der Waals surface area contributed by atoms with Gasteiger partial charge >= 0.3 is 0 Å². The molecule has 0 aliphatic carbocycles. The van der Waals surface area contributed by atoms with Gasteiger partial charge in [0.1, 0.15) is 0 Å². The van der Waals surface area contributed by atoms with Crippen LogP contribution in [0.1, 0.15) is 22.7 Å². The average Bonchev–Trinajstić information content (AvgIpc) is 2.38. The van der Waals surface area contributed by atoms with Crippen molar-refractivity contribution < 1.29 is 0 Å². The van der Waals surface area contributed by atoms with Gasteiger partial charge < -0.3 is 0 Å². The molecule has 0 spiro atoms. The lowest BCUT2D eigenvalue weighted by atomic mass is 9.95. The van der Waals surface area contributed by atoms with Crippen LogP contribution < -0.4 is 0 Å². The number of hydrogen-bond acceptors (Lipinski definition) is 1. The summed E-state index contributed by atoms with van der Waals surface area (Å²) in [5.74, 6) is 0.471.